The molecule has 0 saturated carbocycles. The monoisotopic (exact) mass is 319 g/mol. The average Bonchev–Trinajstić information content (AvgIpc) is 2.28. The number of halogens is 1. The van der Waals surface area contributed by atoms with Crippen molar-refractivity contribution in [3.05, 3.63) is 35.9 Å². The molecule has 0 heterocycles. The minimum Gasteiger partial charge on any atom is -1.00 e. The second kappa shape index (κ2) is 7.23. The molecule has 0 aliphatic carbocycles. The largest absolute Gasteiger partial charge is 1.00 e. The van der Waals surface area contributed by atoms with Crippen LogP contribution in [0.15, 0.2) is 30.3 Å². The van der Waals surface area contributed by atoms with E-state index in [1.165, 1.54) is 36.2 Å². The van der Waals surface area contributed by atoms with Crippen molar-refractivity contribution < 1.29 is 28.5 Å². The third kappa shape index (κ3) is 4.11. The van der Waals surface area contributed by atoms with Crippen molar-refractivity contribution in [1.29, 1.82) is 0 Å². The lowest BCUT2D eigenvalue weighted by Gasteiger charge is -2.35. The molecule has 0 atom stereocenters. The topological polar surface area (TPSA) is 0 Å². The van der Waals surface area contributed by atoms with Crippen molar-refractivity contribution in [3.63, 3.8) is 0 Å². The molecule has 1 aromatic rings. The molecule has 15 heavy (non-hydrogen) atoms. The highest BCUT2D eigenvalue weighted by Gasteiger charge is 2.20. The van der Waals surface area contributed by atoms with Gasteiger partial charge in [0.05, 0.1) is 19.6 Å². The summed E-state index contributed by atoms with van der Waals surface area (Å²) in [4.78, 5) is 0. The number of benzene rings is 1. The molecule has 0 aromatic heterocycles. The van der Waals surface area contributed by atoms with E-state index in [-0.39, 0.29) is 24.0 Å². The second-order valence-corrected chi connectivity index (χ2v) is 3.93. The SMILES string of the molecule is CC[N+](CC)(CC)Cc1ccccc1.[I-]. The normalized spacial score (nSPS) is 10.9. The molecule has 0 saturated heterocycles. The summed E-state index contributed by atoms with van der Waals surface area (Å²) in [6.07, 6.45) is 0. The number of quaternary nitrogens is 1. The highest BCUT2D eigenvalue weighted by molar-refractivity contribution is 5.13. The van der Waals surface area contributed by atoms with E-state index in [1.54, 1.807) is 0 Å². The Hall–Kier alpha value is -0.0900. The fraction of sp³-hybridized carbons (Fsp3) is 0.538. The molecule has 1 nitrogen and oxygen atoms in total. The summed E-state index contributed by atoms with van der Waals surface area (Å²) in [5.41, 5.74) is 1.46. The second-order valence-electron chi connectivity index (χ2n) is 3.93. The van der Waals surface area contributed by atoms with Crippen molar-refractivity contribution >= 4 is 0 Å². The minimum absolute atomic E-state index is 0. The van der Waals surface area contributed by atoms with Crippen LogP contribution in [-0.4, -0.2) is 24.1 Å². The molecule has 0 bridgehead atoms. The van der Waals surface area contributed by atoms with E-state index in [0.717, 1.165) is 0 Å². The Morgan fingerprint density at radius 2 is 1.33 bits per heavy atom. The van der Waals surface area contributed by atoms with Gasteiger partial charge in [-0.3, -0.25) is 0 Å². The van der Waals surface area contributed by atoms with Crippen LogP contribution in [0, 0.1) is 0 Å². The Kier molecular flexibility index (Phi) is 7.18. The van der Waals surface area contributed by atoms with Gasteiger partial charge in [-0.2, -0.15) is 0 Å². The van der Waals surface area contributed by atoms with Crippen LogP contribution < -0.4 is 24.0 Å². The Morgan fingerprint density at radius 1 is 0.867 bits per heavy atom. The highest BCUT2D eigenvalue weighted by atomic mass is 127. The molecular formula is C13H22IN. The van der Waals surface area contributed by atoms with Crippen molar-refractivity contribution in [2.75, 3.05) is 19.6 Å². The Labute approximate surface area is 111 Å². The maximum atomic E-state index is 2.29. The van der Waals surface area contributed by atoms with Gasteiger partial charge in [0, 0.05) is 5.56 Å². The van der Waals surface area contributed by atoms with Gasteiger partial charge in [-0.1, -0.05) is 30.3 Å². The fourth-order valence-electron chi connectivity index (χ4n) is 1.98. The Morgan fingerprint density at radius 3 is 1.73 bits per heavy atom. The van der Waals surface area contributed by atoms with Crippen LogP contribution in [0.4, 0.5) is 0 Å². The van der Waals surface area contributed by atoms with E-state index >= 15 is 0 Å². The first kappa shape index (κ1) is 14.9. The Balaban J connectivity index is 0.00000196. The van der Waals surface area contributed by atoms with Gasteiger partial charge in [-0.05, 0) is 20.8 Å². The van der Waals surface area contributed by atoms with E-state index in [1.807, 2.05) is 0 Å². The van der Waals surface area contributed by atoms with E-state index in [4.69, 9.17) is 0 Å². The summed E-state index contributed by atoms with van der Waals surface area (Å²) in [5.74, 6) is 0. The van der Waals surface area contributed by atoms with Gasteiger partial charge < -0.3 is 28.5 Å². The van der Waals surface area contributed by atoms with Crippen LogP contribution in [0.2, 0.25) is 0 Å². The molecular weight excluding hydrogens is 297 g/mol. The molecule has 1 rings (SSSR count). The zero-order chi connectivity index (χ0) is 10.4. The van der Waals surface area contributed by atoms with Crippen molar-refractivity contribution in [3.8, 4) is 0 Å². The van der Waals surface area contributed by atoms with Crippen LogP contribution in [0.3, 0.4) is 0 Å². The molecule has 0 amide bonds. The van der Waals surface area contributed by atoms with E-state index in [0.29, 0.717) is 0 Å². The van der Waals surface area contributed by atoms with Gasteiger partial charge in [0.25, 0.3) is 0 Å². The van der Waals surface area contributed by atoms with Crippen LogP contribution in [-0.2, 0) is 6.54 Å². The molecule has 0 aliphatic rings. The van der Waals surface area contributed by atoms with Crippen LogP contribution in [0.1, 0.15) is 26.3 Å². The highest BCUT2D eigenvalue weighted by Crippen LogP contribution is 2.13. The quantitative estimate of drug-likeness (QED) is 0.532. The minimum atomic E-state index is 0. The third-order valence-electron chi connectivity index (χ3n) is 3.37. The lowest BCUT2D eigenvalue weighted by molar-refractivity contribution is -0.936. The van der Waals surface area contributed by atoms with Gasteiger partial charge in [-0.25, -0.2) is 0 Å². The van der Waals surface area contributed by atoms with Gasteiger partial charge >= 0.3 is 0 Å². The third-order valence-corrected chi connectivity index (χ3v) is 3.37. The molecule has 0 spiro atoms. The molecule has 0 radical (unpaired) electrons. The van der Waals surface area contributed by atoms with Crippen LogP contribution in [0.5, 0.6) is 0 Å². The number of nitrogens with zero attached hydrogens (tertiary/aromatic N) is 1. The molecule has 2 heteroatoms. The Bertz CT molecular complexity index is 246. The summed E-state index contributed by atoms with van der Waals surface area (Å²) in [6.45, 7) is 11.7. The van der Waals surface area contributed by atoms with E-state index in [9.17, 15) is 0 Å². The zero-order valence-corrected chi connectivity index (χ0v) is 12.2. The lowest BCUT2D eigenvalue weighted by atomic mass is 10.2. The van der Waals surface area contributed by atoms with Crippen LogP contribution in [0.25, 0.3) is 0 Å². The van der Waals surface area contributed by atoms with Crippen molar-refractivity contribution in [1.82, 2.24) is 0 Å². The van der Waals surface area contributed by atoms with Gasteiger partial charge in [0.2, 0.25) is 0 Å². The van der Waals surface area contributed by atoms with Gasteiger partial charge in [0.1, 0.15) is 6.54 Å². The first-order chi connectivity index (χ1) is 6.76. The summed E-state index contributed by atoms with van der Waals surface area (Å²) in [5, 5.41) is 0. The predicted molar refractivity (Wildman–Crippen MR) is 62.0 cm³/mol. The maximum absolute atomic E-state index is 2.29. The van der Waals surface area contributed by atoms with E-state index in [2.05, 4.69) is 51.1 Å². The maximum Gasteiger partial charge on any atom is 0.104 e. The first-order valence-electron chi connectivity index (χ1n) is 5.65. The van der Waals surface area contributed by atoms with Gasteiger partial charge in [0.15, 0.2) is 0 Å². The summed E-state index contributed by atoms with van der Waals surface area (Å²) in [6, 6.07) is 10.8. The predicted octanol–water partition coefficient (Wildman–Crippen LogP) is 0.0671. The fourth-order valence-corrected chi connectivity index (χ4v) is 1.98. The molecule has 0 aliphatic heterocycles. The summed E-state index contributed by atoms with van der Waals surface area (Å²) >= 11 is 0. The van der Waals surface area contributed by atoms with Crippen molar-refractivity contribution in [2.45, 2.75) is 27.3 Å². The molecule has 0 fully saturated rings. The zero-order valence-electron chi connectivity index (χ0n) is 10.0. The number of hydrogen-bond acceptors (Lipinski definition) is 0. The smallest absolute Gasteiger partial charge is 0.104 e. The number of hydrogen-bond donors (Lipinski definition) is 0. The molecule has 0 unspecified atom stereocenters. The van der Waals surface area contributed by atoms with Gasteiger partial charge in [-0.15, -0.1) is 0 Å². The molecule has 0 N–H and O–H groups in total. The number of rotatable bonds is 5. The lowest BCUT2D eigenvalue weighted by Crippen LogP contribution is -3.00. The molecule has 1 aromatic carbocycles. The summed E-state index contributed by atoms with van der Waals surface area (Å²) < 4.78 is 1.20. The molecule has 86 valence electrons. The van der Waals surface area contributed by atoms with Crippen molar-refractivity contribution in [2.24, 2.45) is 0 Å². The average molecular weight is 319 g/mol. The first-order valence-corrected chi connectivity index (χ1v) is 5.65. The standard InChI is InChI=1S/C13H22N.HI/c1-4-14(5-2,6-3)12-13-10-8-7-9-11-13;/h7-11H,4-6,12H2,1-3H3;1H/q+1;/p-1. The summed E-state index contributed by atoms with van der Waals surface area (Å²) in [7, 11) is 0. The van der Waals surface area contributed by atoms with E-state index < -0.39 is 0 Å². The van der Waals surface area contributed by atoms with Crippen LogP contribution >= 0.6 is 0 Å².